The highest BCUT2D eigenvalue weighted by molar-refractivity contribution is 9.09. The SMILES string of the molecule is COCC(Br)CNC(=O)c1ccc2c(c1)CCC2. The standard InChI is InChI=1S/C14H18BrNO2/c1-18-9-13(15)8-16-14(17)12-6-5-10-3-2-4-11(10)7-12/h5-7,13H,2-4,8-9H2,1H3,(H,16,17). The number of aryl methyl sites for hydroxylation is 2. The van der Waals surface area contributed by atoms with Gasteiger partial charge in [-0.3, -0.25) is 4.79 Å². The Hall–Kier alpha value is -0.870. The summed E-state index contributed by atoms with van der Waals surface area (Å²) in [5.74, 6) is -0.00902. The Morgan fingerprint density at radius 2 is 2.22 bits per heavy atom. The summed E-state index contributed by atoms with van der Waals surface area (Å²) >= 11 is 3.45. The number of methoxy groups -OCH3 is 1. The Kier molecular flexibility index (Phi) is 4.78. The molecule has 2 rings (SSSR count). The van der Waals surface area contributed by atoms with Crippen LogP contribution in [0.3, 0.4) is 0 Å². The average molecular weight is 312 g/mol. The van der Waals surface area contributed by atoms with Gasteiger partial charge in [0.25, 0.3) is 5.91 Å². The number of alkyl halides is 1. The van der Waals surface area contributed by atoms with Crippen LogP contribution in [0, 0.1) is 0 Å². The molecule has 0 aromatic heterocycles. The smallest absolute Gasteiger partial charge is 0.251 e. The Bertz CT molecular complexity index is 434. The third-order valence-corrected chi connectivity index (χ3v) is 3.78. The summed E-state index contributed by atoms with van der Waals surface area (Å²) in [6, 6.07) is 6.02. The molecular weight excluding hydrogens is 294 g/mol. The van der Waals surface area contributed by atoms with Gasteiger partial charge in [-0.15, -0.1) is 0 Å². The molecule has 0 saturated carbocycles. The van der Waals surface area contributed by atoms with Crippen LogP contribution in [0.1, 0.15) is 27.9 Å². The maximum atomic E-state index is 12.0. The first kappa shape index (κ1) is 13.6. The second kappa shape index (κ2) is 6.34. The zero-order chi connectivity index (χ0) is 13.0. The lowest BCUT2D eigenvalue weighted by molar-refractivity contribution is 0.0950. The highest BCUT2D eigenvalue weighted by Gasteiger charge is 2.14. The summed E-state index contributed by atoms with van der Waals surface area (Å²) in [6.45, 7) is 1.16. The van der Waals surface area contributed by atoms with Crippen LogP contribution in [-0.2, 0) is 17.6 Å². The van der Waals surface area contributed by atoms with E-state index in [0.717, 1.165) is 18.4 Å². The van der Waals surface area contributed by atoms with E-state index in [-0.39, 0.29) is 10.7 Å². The number of carbonyl (C=O) groups excluding carboxylic acids is 1. The first-order valence-corrected chi connectivity index (χ1v) is 7.15. The van der Waals surface area contributed by atoms with Gasteiger partial charge in [-0.25, -0.2) is 0 Å². The summed E-state index contributed by atoms with van der Waals surface area (Å²) in [5, 5.41) is 2.91. The van der Waals surface area contributed by atoms with Crippen molar-refractivity contribution in [2.75, 3.05) is 20.3 Å². The molecule has 4 heteroatoms. The first-order chi connectivity index (χ1) is 8.70. The van der Waals surface area contributed by atoms with E-state index in [1.165, 1.54) is 17.5 Å². The van der Waals surface area contributed by atoms with Crippen LogP contribution >= 0.6 is 15.9 Å². The molecule has 0 radical (unpaired) electrons. The molecule has 0 heterocycles. The van der Waals surface area contributed by atoms with E-state index in [4.69, 9.17) is 4.74 Å². The van der Waals surface area contributed by atoms with Crippen LogP contribution in [0.25, 0.3) is 0 Å². The fourth-order valence-electron chi connectivity index (χ4n) is 2.26. The van der Waals surface area contributed by atoms with Gasteiger partial charge in [-0.05, 0) is 42.5 Å². The Balaban J connectivity index is 1.93. The second-order valence-corrected chi connectivity index (χ2v) is 5.89. The molecule has 0 aliphatic heterocycles. The first-order valence-electron chi connectivity index (χ1n) is 6.23. The van der Waals surface area contributed by atoms with Gasteiger partial charge in [0.1, 0.15) is 0 Å². The largest absolute Gasteiger partial charge is 0.383 e. The van der Waals surface area contributed by atoms with Gasteiger partial charge in [-0.2, -0.15) is 0 Å². The predicted octanol–water partition coefficient (Wildman–Crippen LogP) is 2.32. The molecule has 1 N–H and O–H groups in total. The number of hydrogen-bond acceptors (Lipinski definition) is 2. The van der Waals surface area contributed by atoms with E-state index >= 15 is 0 Å². The number of ether oxygens (including phenoxy) is 1. The van der Waals surface area contributed by atoms with E-state index in [1.807, 2.05) is 12.1 Å². The third kappa shape index (κ3) is 3.33. The van der Waals surface area contributed by atoms with E-state index < -0.39 is 0 Å². The normalized spacial score (nSPS) is 15.2. The van der Waals surface area contributed by atoms with Crippen molar-refractivity contribution in [2.45, 2.75) is 24.1 Å². The van der Waals surface area contributed by atoms with Gasteiger partial charge in [0.05, 0.1) is 11.4 Å². The van der Waals surface area contributed by atoms with Crippen LogP contribution in [0.5, 0.6) is 0 Å². The van der Waals surface area contributed by atoms with E-state index in [9.17, 15) is 4.79 Å². The van der Waals surface area contributed by atoms with Crippen LogP contribution in [-0.4, -0.2) is 31.0 Å². The third-order valence-electron chi connectivity index (χ3n) is 3.19. The fraction of sp³-hybridized carbons (Fsp3) is 0.500. The molecule has 1 aromatic rings. The lowest BCUT2D eigenvalue weighted by Gasteiger charge is -2.10. The monoisotopic (exact) mass is 311 g/mol. The van der Waals surface area contributed by atoms with Crippen molar-refractivity contribution >= 4 is 21.8 Å². The number of nitrogens with one attached hydrogen (secondary N) is 1. The molecular formula is C14H18BrNO2. The average Bonchev–Trinajstić information content (AvgIpc) is 2.83. The van der Waals surface area contributed by atoms with E-state index in [0.29, 0.717) is 13.2 Å². The number of rotatable bonds is 5. The van der Waals surface area contributed by atoms with Crippen molar-refractivity contribution < 1.29 is 9.53 Å². The number of hydrogen-bond donors (Lipinski definition) is 1. The molecule has 3 nitrogen and oxygen atoms in total. The fourth-order valence-corrected chi connectivity index (χ4v) is 2.68. The summed E-state index contributed by atoms with van der Waals surface area (Å²) < 4.78 is 5.00. The molecule has 1 amide bonds. The summed E-state index contributed by atoms with van der Waals surface area (Å²) in [4.78, 5) is 12.1. The highest BCUT2D eigenvalue weighted by atomic mass is 79.9. The van der Waals surface area contributed by atoms with Crippen LogP contribution < -0.4 is 5.32 Å². The maximum absolute atomic E-state index is 12.0. The van der Waals surface area contributed by atoms with Crippen molar-refractivity contribution in [3.63, 3.8) is 0 Å². The number of carbonyl (C=O) groups is 1. The molecule has 0 fully saturated rings. The van der Waals surface area contributed by atoms with Gasteiger partial charge in [0.2, 0.25) is 0 Å². The van der Waals surface area contributed by atoms with E-state index in [1.54, 1.807) is 7.11 Å². The number of fused-ring (bicyclic) bond motifs is 1. The summed E-state index contributed by atoms with van der Waals surface area (Å²) in [6.07, 6.45) is 3.45. The molecule has 0 spiro atoms. The summed E-state index contributed by atoms with van der Waals surface area (Å²) in [5.41, 5.74) is 3.48. The van der Waals surface area contributed by atoms with Gasteiger partial charge >= 0.3 is 0 Å². The lowest BCUT2D eigenvalue weighted by atomic mass is 10.1. The van der Waals surface area contributed by atoms with Crippen LogP contribution in [0.2, 0.25) is 0 Å². The van der Waals surface area contributed by atoms with Crippen LogP contribution in [0.15, 0.2) is 18.2 Å². The zero-order valence-electron chi connectivity index (χ0n) is 10.5. The molecule has 1 atom stereocenters. The quantitative estimate of drug-likeness (QED) is 0.848. The Morgan fingerprint density at radius 3 is 3.00 bits per heavy atom. The van der Waals surface area contributed by atoms with Gasteiger partial charge < -0.3 is 10.1 Å². The number of amides is 1. The van der Waals surface area contributed by atoms with Gasteiger partial charge in [0, 0.05) is 19.2 Å². The minimum absolute atomic E-state index is 0.00902. The van der Waals surface area contributed by atoms with Crippen molar-refractivity contribution in [1.29, 1.82) is 0 Å². The van der Waals surface area contributed by atoms with Gasteiger partial charge in [-0.1, -0.05) is 22.0 Å². The number of benzene rings is 1. The highest BCUT2D eigenvalue weighted by Crippen LogP contribution is 2.22. The molecule has 1 aliphatic carbocycles. The van der Waals surface area contributed by atoms with Crippen molar-refractivity contribution in [3.05, 3.63) is 34.9 Å². The second-order valence-electron chi connectivity index (χ2n) is 4.60. The minimum Gasteiger partial charge on any atom is -0.383 e. The predicted molar refractivity (Wildman–Crippen MR) is 75.4 cm³/mol. The molecule has 1 aliphatic rings. The van der Waals surface area contributed by atoms with Gasteiger partial charge in [0.15, 0.2) is 0 Å². The molecule has 0 bridgehead atoms. The molecule has 1 aromatic carbocycles. The summed E-state index contributed by atoms with van der Waals surface area (Å²) in [7, 11) is 1.65. The maximum Gasteiger partial charge on any atom is 0.251 e. The molecule has 1 unspecified atom stereocenters. The molecule has 18 heavy (non-hydrogen) atoms. The minimum atomic E-state index is -0.00902. The lowest BCUT2D eigenvalue weighted by Crippen LogP contribution is -2.31. The van der Waals surface area contributed by atoms with Crippen LogP contribution in [0.4, 0.5) is 0 Å². The van der Waals surface area contributed by atoms with Crippen molar-refractivity contribution in [2.24, 2.45) is 0 Å². The molecule has 0 saturated heterocycles. The molecule has 98 valence electrons. The van der Waals surface area contributed by atoms with E-state index in [2.05, 4.69) is 27.3 Å². The van der Waals surface area contributed by atoms with Crippen molar-refractivity contribution in [1.82, 2.24) is 5.32 Å². The topological polar surface area (TPSA) is 38.3 Å². The van der Waals surface area contributed by atoms with Crippen molar-refractivity contribution in [3.8, 4) is 0 Å². The Labute approximate surface area is 116 Å². The zero-order valence-corrected chi connectivity index (χ0v) is 12.1. The Morgan fingerprint density at radius 1 is 1.44 bits per heavy atom. The number of halogens is 1.